The molecule has 1 aliphatic rings. The number of amides is 1. The van der Waals surface area contributed by atoms with Gasteiger partial charge in [0.25, 0.3) is 0 Å². The van der Waals surface area contributed by atoms with Gasteiger partial charge in [0.05, 0.1) is 25.4 Å². The van der Waals surface area contributed by atoms with E-state index in [4.69, 9.17) is 14.2 Å². The fourth-order valence-electron chi connectivity index (χ4n) is 9.86. The number of nitrogens with one attached hydrogen (secondary N) is 1. The highest BCUT2D eigenvalue weighted by atomic mass is 16.7. The third-order valence-electron chi connectivity index (χ3n) is 15.2. The van der Waals surface area contributed by atoms with Crippen LogP contribution < -0.4 is 5.32 Å². The zero-order chi connectivity index (χ0) is 63.1. The van der Waals surface area contributed by atoms with Crippen LogP contribution in [0.25, 0.3) is 0 Å². The summed E-state index contributed by atoms with van der Waals surface area (Å²) in [6.07, 6.45) is 78.8. The maximum Gasteiger partial charge on any atom is 0.306 e. The molecule has 0 bridgehead atoms. The molecular formula is C76H125NO10. The van der Waals surface area contributed by atoms with Crippen molar-refractivity contribution in [3.8, 4) is 0 Å². The average molecular weight is 1210 g/mol. The molecule has 87 heavy (non-hydrogen) atoms. The number of rotatable bonds is 57. The summed E-state index contributed by atoms with van der Waals surface area (Å²) in [5, 5.41) is 57.2. The number of esters is 1. The fourth-order valence-corrected chi connectivity index (χ4v) is 9.86. The molecule has 0 aromatic rings. The smallest absolute Gasteiger partial charge is 0.306 e. The molecule has 8 atom stereocenters. The molecular weight excluding hydrogens is 1090 g/mol. The van der Waals surface area contributed by atoms with Crippen LogP contribution in [0.4, 0.5) is 0 Å². The lowest BCUT2D eigenvalue weighted by molar-refractivity contribution is -0.305. The van der Waals surface area contributed by atoms with Gasteiger partial charge in [0.15, 0.2) is 12.4 Å². The highest BCUT2D eigenvalue weighted by Gasteiger charge is 2.47. The molecule has 6 N–H and O–H groups in total. The quantitative estimate of drug-likeness (QED) is 0.0195. The van der Waals surface area contributed by atoms with E-state index in [1.807, 2.05) is 6.08 Å². The first-order valence-electron chi connectivity index (χ1n) is 34.6. The molecule has 11 heteroatoms. The predicted octanol–water partition coefficient (Wildman–Crippen LogP) is 17.7. The maximum absolute atomic E-state index is 13.5. The van der Waals surface area contributed by atoms with Crippen molar-refractivity contribution < 1.29 is 49.3 Å². The van der Waals surface area contributed by atoms with Crippen LogP contribution in [0, 0.1) is 0 Å². The topological polar surface area (TPSA) is 175 Å². The Morgan fingerprint density at radius 3 is 1.24 bits per heavy atom. The van der Waals surface area contributed by atoms with Crippen LogP contribution in [0.2, 0.25) is 0 Å². The lowest BCUT2D eigenvalue weighted by Crippen LogP contribution is -2.61. The van der Waals surface area contributed by atoms with Crippen molar-refractivity contribution in [2.24, 2.45) is 0 Å². The Hall–Kier alpha value is -4.46. The van der Waals surface area contributed by atoms with Gasteiger partial charge in [-0.25, -0.2) is 0 Å². The Morgan fingerprint density at radius 2 is 0.828 bits per heavy atom. The summed E-state index contributed by atoms with van der Waals surface area (Å²) in [4.78, 5) is 26.7. The number of hydrogen-bond acceptors (Lipinski definition) is 10. The second-order valence-electron chi connectivity index (χ2n) is 23.1. The summed E-state index contributed by atoms with van der Waals surface area (Å²) in [5.41, 5.74) is 0. The largest absolute Gasteiger partial charge is 0.454 e. The molecule has 0 aliphatic carbocycles. The van der Waals surface area contributed by atoms with Crippen LogP contribution >= 0.6 is 0 Å². The Labute approximate surface area is 530 Å². The molecule has 0 aromatic carbocycles. The van der Waals surface area contributed by atoms with Gasteiger partial charge in [0, 0.05) is 6.42 Å². The zero-order valence-corrected chi connectivity index (χ0v) is 54.8. The minimum atomic E-state index is -1.63. The third kappa shape index (κ3) is 49.1. The molecule has 1 rings (SSSR count). The molecule has 1 fully saturated rings. The van der Waals surface area contributed by atoms with E-state index in [-0.39, 0.29) is 19.4 Å². The third-order valence-corrected chi connectivity index (χ3v) is 15.2. The molecule has 494 valence electrons. The highest BCUT2D eigenvalue weighted by Crippen LogP contribution is 2.26. The molecule has 8 unspecified atom stereocenters. The van der Waals surface area contributed by atoms with Crippen molar-refractivity contribution in [2.75, 3.05) is 13.2 Å². The van der Waals surface area contributed by atoms with E-state index >= 15 is 0 Å². The van der Waals surface area contributed by atoms with E-state index < -0.39 is 67.4 Å². The van der Waals surface area contributed by atoms with E-state index in [1.54, 1.807) is 6.08 Å². The van der Waals surface area contributed by atoms with Crippen molar-refractivity contribution in [1.82, 2.24) is 5.32 Å². The molecule has 1 amide bonds. The number of unbranched alkanes of at least 4 members (excludes halogenated alkanes) is 21. The van der Waals surface area contributed by atoms with Gasteiger partial charge in [-0.2, -0.15) is 0 Å². The highest BCUT2D eigenvalue weighted by molar-refractivity contribution is 5.80. The number of aliphatic hydroxyl groups is 5. The number of carbonyl (C=O) groups is 2. The van der Waals surface area contributed by atoms with Crippen LogP contribution in [0.1, 0.15) is 258 Å². The minimum absolute atomic E-state index is 0.104. The molecule has 1 aliphatic heterocycles. The van der Waals surface area contributed by atoms with Gasteiger partial charge in [-0.3, -0.25) is 9.59 Å². The van der Waals surface area contributed by atoms with E-state index in [9.17, 15) is 35.1 Å². The van der Waals surface area contributed by atoms with Gasteiger partial charge < -0.3 is 45.1 Å². The van der Waals surface area contributed by atoms with Crippen molar-refractivity contribution in [1.29, 1.82) is 0 Å². The van der Waals surface area contributed by atoms with E-state index in [0.717, 1.165) is 148 Å². The van der Waals surface area contributed by atoms with Crippen molar-refractivity contribution >= 4 is 11.9 Å². The SMILES string of the molecule is CC/C=C\C/C=C\C/C=C\C/C=C\C/C=C\C/C=C\CCCCCC(O)C(=O)NC(COC1OC(CO)C(O)C(O)C1OC(=O)CCCCCCCCCCC/C=C\C/C=C\C/C=C\C/C=C\C/C=C\CC)C(O)/C=C/CCCCCCCCCCC. The van der Waals surface area contributed by atoms with Crippen molar-refractivity contribution in [3.63, 3.8) is 0 Å². The molecule has 0 spiro atoms. The van der Waals surface area contributed by atoms with Gasteiger partial charge in [-0.05, 0) is 122 Å². The first-order valence-corrected chi connectivity index (χ1v) is 34.6. The monoisotopic (exact) mass is 1210 g/mol. The maximum atomic E-state index is 13.5. The molecule has 0 aromatic heterocycles. The second kappa shape index (κ2) is 61.8. The van der Waals surface area contributed by atoms with Crippen molar-refractivity contribution in [2.45, 2.75) is 307 Å². The van der Waals surface area contributed by atoms with Crippen LogP contribution in [0.3, 0.4) is 0 Å². The zero-order valence-electron chi connectivity index (χ0n) is 54.8. The molecule has 0 saturated carbocycles. The number of hydrogen-bond donors (Lipinski definition) is 6. The predicted molar refractivity (Wildman–Crippen MR) is 365 cm³/mol. The summed E-state index contributed by atoms with van der Waals surface area (Å²) in [7, 11) is 0. The first-order chi connectivity index (χ1) is 42.7. The summed E-state index contributed by atoms with van der Waals surface area (Å²) in [5.74, 6) is -1.24. The number of aliphatic hydroxyl groups excluding tert-OH is 5. The average Bonchev–Trinajstić information content (AvgIpc) is 1.30. The van der Waals surface area contributed by atoms with Crippen molar-refractivity contribution in [3.05, 3.63) is 146 Å². The van der Waals surface area contributed by atoms with Crippen LogP contribution in [0.15, 0.2) is 146 Å². The Balaban J connectivity index is 2.61. The van der Waals surface area contributed by atoms with E-state index in [1.165, 1.54) is 64.2 Å². The fraction of sp³-hybridized carbons (Fsp3) is 0.658. The number of carbonyl (C=O) groups excluding carboxylic acids is 2. The van der Waals surface area contributed by atoms with Gasteiger partial charge in [-0.15, -0.1) is 0 Å². The molecule has 1 saturated heterocycles. The lowest BCUT2D eigenvalue weighted by Gasteiger charge is -2.41. The summed E-state index contributed by atoms with van der Waals surface area (Å²) in [6, 6.07) is -1.05. The minimum Gasteiger partial charge on any atom is -0.454 e. The van der Waals surface area contributed by atoms with Crippen LogP contribution in [-0.2, 0) is 23.8 Å². The Bertz CT molecular complexity index is 1980. The molecule has 11 nitrogen and oxygen atoms in total. The summed E-state index contributed by atoms with van der Waals surface area (Å²) >= 11 is 0. The van der Waals surface area contributed by atoms with Gasteiger partial charge >= 0.3 is 5.97 Å². The lowest BCUT2D eigenvalue weighted by atomic mass is 9.99. The summed E-state index contributed by atoms with van der Waals surface area (Å²) < 4.78 is 17.7. The first kappa shape index (κ1) is 80.6. The van der Waals surface area contributed by atoms with E-state index in [2.05, 4.69) is 160 Å². The normalized spacial score (nSPS) is 19.2. The molecule has 0 radical (unpaired) electrons. The summed E-state index contributed by atoms with van der Waals surface area (Å²) in [6.45, 7) is 5.54. The van der Waals surface area contributed by atoms with Crippen LogP contribution in [0.5, 0.6) is 0 Å². The number of allylic oxidation sites excluding steroid dienone is 23. The van der Waals surface area contributed by atoms with Crippen LogP contribution in [-0.4, -0.2) is 99.6 Å². The van der Waals surface area contributed by atoms with Gasteiger partial charge in [-0.1, -0.05) is 276 Å². The standard InChI is InChI=1S/C76H125NO10/c1-4-7-10-13-16-19-22-24-26-28-30-32-34-35-36-38-40-42-44-46-49-52-55-58-61-64-71(81)87-74-73(83)72(82)70(65-78)86-76(74)85-66-67(68(79)62-59-56-53-50-47-21-18-15-12-9-6-3)77-75(84)69(80)63-60-57-54-51-48-45-43-41-39-37-33-31-29-27-25-23-20-17-14-11-8-5-2/h7-8,10-11,16-17,19-20,24-27,30-33,35-36,39,41,45,48,59,62,67-70,72-74,76,78-80,82-83H,4-6,9,12-15,18,21-23,28-29,34,37-38,40,42-44,46-47,49-58,60-61,63-66H2,1-3H3,(H,77,84)/b10-7-,11-8-,19-16-,20-17-,26-24-,27-25-,32-30-,33-31-,36-35-,41-39-,48-45-,62-59+. The van der Waals surface area contributed by atoms with Gasteiger partial charge in [0.2, 0.25) is 5.91 Å². The van der Waals surface area contributed by atoms with E-state index in [0.29, 0.717) is 12.8 Å². The molecule has 1 heterocycles. The van der Waals surface area contributed by atoms with Gasteiger partial charge in [0.1, 0.15) is 24.4 Å². The second-order valence-corrected chi connectivity index (χ2v) is 23.1. The Kier molecular flexibility index (Phi) is 57.2. The Morgan fingerprint density at radius 1 is 0.460 bits per heavy atom. The number of ether oxygens (including phenoxy) is 3.